The third-order valence-corrected chi connectivity index (χ3v) is 1.25. The molecule has 0 unspecified atom stereocenters. The van der Waals surface area contributed by atoms with Gasteiger partial charge in [0.1, 0.15) is 0 Å². The molecule has 0 aliphatic heterocycles. The van der Waals surface area contributed by atoms with Crippen molar-refractivity contribution >= 4 is 5.78 Å². The van der Waals surface area contributed by atoms with Crippen LogP contribution in [0.5, 0.6) is 0 Å². The highest BCUT2D eigenvalue weighted by Gasteiger charge is 1.98. The van der Waals surface area contributed by atoms with Gasteiger partial charge in [-0.1, -0.05) is 5.73 Å². The Kier molecular flexibility index (Phi) is 1.74. The Morgan fingerprint density at radius 2 is 2.10 bits per heavy atom. The highest BCUT2D eigenvalue weighted by Crippen LogP contribution is 2.02. The first-order valence-electron chi connectivity index (χ1n) is 3.06. The van der Waals surface area contributed by atoms with Gasteiger partial charge in [-0.25, -0.2) is 0 Å². The molecule has 0 radical (unpaired) electrons. The molecular formula is C8H9NO. The Balaban J connectivity index is 2.92. The zero-order valence-corrected chi connectivity index (χ0v) is 6.09. The van der Waals surface area contributed by atoms with E-state index in [1.54, 1.807) is 6.08 Å². The summed E-state index contributed by atoms with van der Waals surface area (Å²) in [4.78, 5) is 12.5. The molecule has 1 aliphatic carbocycles. The monoisotopic (exact) mass is 135 g/mol. The fourth-order valence-electron chi connectivity index (χ4n) is 0.681. The van der Waals surface area contributed by atoms with Gasteiger partial charge in [-0.2, -0.15) is 0 Å². The third kappa shape index (κ3) is 1.36. The first-order valence-corrected chi connectivity index (χ1v) is 3.06. The molecule has 0 aromatic heterocycles. The van der Waals surface area contributed by atoms with Gasteiger partial charge >= 0.3 is 0 Å². The second-order valence-electron chi connectivity index (χ2n) is 2.30. The highest BCUT2D eigenvalue weighted by molar-refractivity contribution is 6.00. The predicted octanol–water partition coefficient (Wildman–Crippen LogP) is 0.726. The Labute approximate surface area is 60.1 Å². The number of carbonyl (C=O) groups excluding carboxylic acids is 1. The summed E-state index contributed by atoms with van der Waals surface area (Å²) in [6.45, 7) is 0. The SMILES string of the molecule is CN(C)C1=C=CC(=O)C=C1. The summed E-state index contributed by atoms with van der Waals surface area (Å²) in [5, 5.41) is 0. The normalized spacial score (nSPS) is 15.4. The van der Waals surface area contributed by atoms with Crippen LogP contribution in [-0.4, -0.2) is 24.8 Å². The molecule has 2 heteroatoms. The minimum atomic E-state index is 0.00519. The topological polar surface area (TPSA) is 20.3 Å². The molecule has 0 spiro atoms. The quantitative estimate of drug-likeness (QED) is 0.494. The molecule has 0 heterocycles. The van der Waals surface area contributed by atoms with Gasteiger partial charge in [-0.15, -0.1) is 0 Å². The van der Waals surface area contributed by atoms with E-state index in [-0.39, 0.29) is 5.78 Å². The van der Waals surface area contributed by atoms with Crippen molar-refractivity contribution in [3.63, 3.8) is 0 Å². The Hall–Kier alpha value is -1.27. The van der Waals surface area contributed by atoms with E-state index in [0.717, 1.165) is 5.70 Å². The van der Waals surface area contributed by atoms with Crippen molar-refractivity contribution in [2.24, 2.45) is 0 Å². The van der Waals surface area contributed by atoms with E-state index in [4.69, 9.17) is 0 Å². The zero-order chi connectivity index (χ0) is 7.56. The summed E-state index contributed by atoms with van der Waals surface area (Å²) in [7, 11) is 3.83. The van der Waals surface area contributed by atoms with Crippen LogP contribution in [0.15, 0.2) is 29.7 Å². The fourth-order valence-corrected chi connectivity index (χ4v) is 0.681. The number of allylic oxidation sites excluding steroid dienone is 2. The molecular weight excluding hydrogens is 126 g/mol. The van der Waals surface area contributed by atoms with E-state index < -0.39 is 0 Å². The Morgan fingerprint density at radius 3 is 2.50 bits per heavy atom. The van der Waals surface area contributed by atoms with Gasteiger partial charge < -0.3 is 4.90 Å². The molecule has 1 rings (SSSR count). The van der Waals surface area contributed by atoms with Crippen molar-refractivity contribution in [2.75, 3.05) is 14.1 Å². The molecule has 0 fully saturated rings. The molecule has 0 saturated heterocycles. The van der Waals surface area contributed by atoms with Crippen molar-refractivity contribution < 1.29 is 4.79 Å². The van der Waals surface area contributed by atoms with Gasteiger partial charge in [0.2, 0.25) is 0 Å². The number of nitrogens with zero attached hydrogens (tertiary/aromatic N) is 1. The lowest BCUT2D eigenvalue weighted by atomic mass is 10.2. The maximum Gasteiger partial charge on any atom is 0.186 e. The van der Waals surface area contributed by atoms with Crippen molar-refractivity contribution in [1.29, 1.82) is 0 Å². The summed E-state index contributed by atoms with van der Waals surface area (Å²) >= 11 is 0. The maximum absolute atomic E-state index is 10.6. The van der Waals surface area contributed by atoms with Crippen LogP contribution in [0.2, 0.25) is 0 Å². The lowest BCUT2D eigenvalue weighted by molar-refractivity contribution is -0.110. The van der Waals surface area contributed by atoms with Gasteiger partial charge in [0.15, 0.2) is 5.78 Å². The van der Waals surface area contributed by atoms with E-state index in [1.807, 2.05) is 19.0 Å². The van der Waals surface area contributed by atoms with Crippen LogP contribution in [0, 0.1) is 0 Å². The van der Waals surface area contributed by atoms with Crippen LogP contribution in [0.1, 0.15) is 0 Å². The molecule has 0 N–H and O–H groups in total. The number of rotatable bonds is 1. The molecule has 0 bridgehead atoms. The first kappa shape index (κ1) is 6.84. The Morgan fingerprint density at radius 1 is 1.40 bits per heavy atom. The molecule has 52 valence electrons. The largest absolute Gasteiger partial charge is 0.371 e. The van der Waals surface area contributed by atoms with E-state index >= 15 is 0 Å². The van der Waals surface area contributed by atoms with Crippen LogP contribution in [0.25, 0.3) is 0 Å². The van der Waals surface area contributed by atoms with Gasteiger partial charge in [0.05, 0.1) is 5.70 Å². The van der Waals surface area contributed by atoms with Crippen LogP contribution in [-0.2, 0) is 4.79 Å². The summed E-state index contributed by atoms with van der Waals surface area (Å²) in [5.74, 6) is 0.00519. The molecule has 0 aromatic carbocycles. The number of carbonyl (C=O) groups is 1. The number of hydrogen-bond donors (Lipinski definition) is 0. The minimum Gasteiger partial charge on any atom is -0.371 e. The van der Waals surface area contributed by atoms with Crippen molar-refractivity contribution in [1.82, 2.24) is 4.90 Å². The van der Waals surface area contributed by atoms with Crippen molar-refractivity contribution in [2.45, 2.75) is 0 Å². The molecule has 0 atom stereocenters. The molecule has 0 amide bonds. The van der Waals surface area contributed by atoms with Crippen LogP contribution in [0.4, 0.5) is 0 Å². The maximum atomic E-state index is 10.6. The average Bonchev–Trinajstić information content (AvgIpc) is 1.88. The van der Waals surface area contributed by atoms with Gasteiger partial charge in [-0.3, -0.25) is 4.79 Å². The number of ketones is 1. The molecule has 1 aliphatic rings. The highest BCUT2D eigenvalue weighted by atomic mass is 16.1. The first-order chi connectivity index (χ1) is 4.70. The third-order valence-electron chi connectivity index (χ3n) is 1.25. The lowest BCUT2D eigenvalue weighted by Crippen LogP contribution is -2.09. The molecule has 2 nitrogen and oxygen atoms in total. The van der Waals surface area contributed by atoms with E-state index in [1.165, 1.54) is 12.2 Å². The number of hydrogen-bond acceptors (Lipinski definition) is 2. The second-order valence-corrected chi connectivity index (χ2v) is 2.30. The van der Waals surface area contributed by atoms with Crippen molar-refractivity contribution in [3.05, 3.63) is 29.7 Å². The average molecular weight is 135 g/mol. The molecule has 10 heavy (non-hydrogen) atoms. The minimum absolute atomic E-state index is 0.00519. The second kappa shape index (κ2) is 2.54. The molecule has 0 aromatic rings. The standard InChI is InChI=1S/C8H9NO/c1-9(2)7-3-5-8(10)6-4-7/h3,5-6H,1-2H3. The summed E-state index contributed by atoms with van der Waals surface area (Å²) < 4.78 is 0. The van der Waals surface area contributed by atoms with Gasteiger partial charge in [-0.05, 0) is 12.2 Å². The summed E-state index contributed by atoms with van der Waals surface area (Å²) in [6, 6.07) is 0. The van der Waals surface area contributed by atoms with E-state index in [9.17, 15) is 4.79 Å². The Bertz CT molecular complexity index is 242. The zero-order valence-electron chi connectivity index (χ0n) is 6.09. The summed E-state index contributed by atoms with van der Waals surface area (Å²) in [5.41, 5.74) is 3.78. The van der Waals surface area contributed by atoms with Crippen LogP contribution in [0.3, 0.4) is 0 Å². The number of likely N-dealkylation sites (N-methyl/N-ethyl adjacent to an activating group) is 1. The van der Waals surface area contributed by atoms with Crippen molar-refractivity contribution in [3.8, 4) is 0 Å². The van der Waals surface area contributed by atoms with Crippen LogP contribution >= 0.6 is 0 Å². The molecule has 0 saturated carbocycles. The smallest absolute Gasteiger partial charge is 0.186 e. The van der Waals surface area contributed by atoms with Crippen LogP contribution < -0.4 is 0 Å². The van der Waals surface area contributed by atoms with E-state index in [0.29, 0.717) is 0 Å². The van der Waals surface area contributed by atoms with Gasteiger partial charge in [0.25, 0.3) is 0 Å². The van der Waals surface area contributed by atoms with E-state index in [2.05, 4.69) is 5.73 Å². The lowest BCUT2D eigenvalue weighted by Gasteiger charge is -2.11. The van der Waals surface area contributed by atoms with Gasteiger partial charge in [0, 0.05) is 20.2 Å². The summed E-state index contributed by atoms with van der Waals surface area (Å²) in [6.07, 6.45) is 4.73. The predicted molar refractivity (Wildman–Crippen MR) is 39.4 cm³/mol. The fraction of sp³-hybridized carbons (Fsp3) is 0.250.